The van der Waals surface area contributed by atoms with E-state index < -0.39 is 12.0 Å². The molecule has 0 fully saturated rings. The molecule has 116 valence electrons. The van der Waals surface area contributed by atoms with Crippen LogP contribution >= 0.6 is 39.3 Å². The van der Waals surface area contributed by atoms with Gasteiger partial charge in [0.1, 0.15) is 11.8 Å². The number of amides is 1. The van der Waals surface area contributed by atoms with Crippen molar-refractivity contribution in [2.75, 3.05) is 18.1 Å². The van der Waals surface area contributed by atoms with E-state index in [1.807, 2.05) is 0 Å². The maximum absolute atomic E-state index is 10.9. The second kappa shape index (κ2) is 9.17. The molecule has 1 aromatic carbocycles. The zero-order valence-electron chi connectivity index (χ0n) is 11.3. The average Bonchev–Trinajstić information content (AvgIpc) is 2.38. The molecule has 1 atom stereocenters. The lowest BCUT2D eigenvalue weighted by molar-refractivity contribution is -0.140. The van der Waals surface area contributed by atoms with Crippen molar-refractivity contribution < 1.29 is 19.4 Å². The van der Waals surface area contributed by atoms with Crippen LogP contribution in [0.25, 0.3) is 0 Å². The van der Waals surface area contributed by atoms with Gasteiger partial charge in [0, 0.05) is 23.5 Å². The SMILES string of the molecule is CC(=O)NC(CSCCOc1ccc(Cl)cc1Br)C(=O)O. The number of carbonyl (C=O) groups excluding carboxylic acids is 1. The van der Waals surface area contributed by atoms with Gasteiger partial charge < -0.3 is 15.2 Å². The zero-order chi connectivity index (χ0) is 15.8. The first-order valence-corrected chi connectivity index (χ1v) is 8.38. The lowest BCUT2D eigenvalue weighted by atomic mass is 10.3. The molecule has 0 radical (unpaired) electrons. The maximum Gasteiger partial charge on any atom is 0.327 e. The summed E-state index contributed by atoms with van der Waals surface area (Å²) in [4.78, 5) is 21.8. The van der Waals surface area contributed by atoms with E-state index in [1.165, 1.54) is 18.7 Å². The highest BCUT2D eigenvalue weighted by Crippen LogP contribution is 2.28. The van der Waals surface area contributed by atoms with E-state index in [9.17, 15) is 9.59 Å². The molecule has 0 saturated carbocycles. The Bertz CT molecular complexity index is 515. The molecule has 0 spiro atoms. The van der Waals surface area contributed by atoms with Gasteiger partial charge in [-0.15, -0.1) is 0 Å². The fraction of sp³-hybridized carbons (Fsp3) is 0.385. The van der Waals surface area contributed by atoms with E-state index >= 15 is 0 Å². The topological polar surface area (TPSA) is 75.6 Å². The Hall–Kier alpha value is -0.920. The third-order valence-electron chi connectivity index (χ3n) is 2.34. The molecule has 1 unspecified atom stereocenters. The maximum atomic E-state index is 10.9. The number of carboxylic acids is 1. The molecule has 2 N–H and O–H groups in total. The van der Waals surface area contributed by atoms with Crippen LogP contribution in [0.2, 0.25) is 5.02 Å². The molecule has 0 saturated heterocycles. The summed E-state index contributed by atoms with van der Waals surface area (Å²) < 4.78 is 6.32. The Morgan fingerprint density at radius 3 is 2.81 bits per heavy atom. The van der Waals surface area contributed by atoms with Gasteiger partial charge >= 0.3 is 5.97 Å². The quantitative estimate of drug-likeness (QED) is 0.661. The van der Waals surface area contributed by atoms with Crippen LogP contribution in [0.15, 0.2) is 22.7 Å². The molecule has 21 heavy (non-hydrogen) atoms. The van der Waals surface area contributed by atoms with E-state index in [1.54, 1.807) is 18.2 Å². The van der Waals surface area contributed by atoms with Crippen LogP contribution in [0.1, 0.15) is 6.92 Å². The van der Waals surface area contributed by atoms with Crippen molar-refractivity contribution in [2.24, 2.45) is 0 Å². The first-order chi connectivity index (χ1) is 9.90. The first-order valence-electron chi connectivity index (χ1n) is 6.05. The molecule has 1 rings (SSSR count). The summed E-state index contributed by atoms with van der Waals surface area (Å²) in [7, 11) is 0. The van der Waals surface area contributed by atoms with Crippen LogP contribution in [0.3, 0.4) is 0 Å². The number of ether oxygens (including phenoxy) is 1. The minimum absolute atomic E-state index is 0.292. The summed E-state index contributed by atoms with van der Waals surface area (Å²) >= 11 is 10.6. The number of rotatable bonds is 8. The molecule has 8 heteroatoms. The number of benzene rings is 1. The predicted octanol–water partition coefficient (Wildman–Crippen LogP) is 2.80. The minimum atomic E-state index is -1.04. The predicted molar refractivity (Wildman–Crippen MR) is 87.2 cm³/mol. The van der Waals surface area contributed by atoms with Crippen molar-refractivity contribution >= 4 is 51.2 Å². The Morgan fingerprint density at radius 2 is 2.24 bits per heavy atom. The molecule has 1 aromatic rings. The van der Waals surface area contributed by atoms with Gasteiger partial charge in [0.05, 0.1) is 11.1 Å². The Morgan fingerprint density at radius 1 is 1.52 bits per heavy atom. The second-order valence-electron chi connectivity index (χ2n) is 4.09. The van der Waals surface area contributed by atoms with Crippen molar-refractivity contribution in [3.05, 3.63) is 27.7 Å². The zero-order valence-corrected chi connectivity index (χ0v) is 14.4. The average molecular weight is 397 g/mol. The van der Waals surface area contributed by atoms with Gasteiger partial charge in [-0.05, 0) is 34.1 Å². The highest BCUT2D eigenvalue weighted by atomic mass is 79.9. The molecule has 0 aliphatic heterocycles. The molecular weight excluding hydrogens is 382 g/mol. The van der Waals surface area contributed by atoms with E-state index in [4.69, 9.17) is 21.4 Å². The Balaban J connectivity index is 2.30. The number of carbonyl (C=O) groups is 2. The van der Waals surface area contributed by atoms with Crippen molar-refractivity contribution in [1.82, 2.24) is 5.32 Å². The van der Waals surface area contributed by atoms with Gasteiger partial charge in [-0.1, -0.05) is 11.6 Å². The largest absolute Gasteiger partial charge is 0.492 e. The van der Waals surface area contributed by atoms with Crippen molar-refractivity contribution in [3.8, 4) is 5.75 Å². The van der Waals surface area contributed by atoms with Gasteiger partial charge in [0.25, 0.3) is 0 Å². The molecule has 5 nitrogen and oxygen atoms in total. The number of aliphatic carboxylic acids is 1. The highest BCUT2D eigenvalue weighted by Gasteiger charge is 2.17. The molecule has 0 aliphatic rings. The molecule has 0 aromatic heterocycles. The lowest BCUT2D eigenvalue weighted by Crippen LogP contribution is -2.41. The summed E-state index contributed by atoms with van der Waals surface area (Å²) in [5, 5.41) is 11.9. The van der Waals surface area contributed by atoms with Gasteiger partial charge in [-0.3, -0.25) is 4.79 Å². The highest BCUT2D eigenvalue weighted by molar-refractivity contribution is 9.10. The van der Waals surface area contributed by atoms with E-state index in [0.717, 1.165) is 4.47 Å². The smallest absolute Gasteiger partial charge is 0.327 e. The molecule has 0 aliphatic carbocycles. The van der Waals surface area contributed by atoms with Crippen LogP contribution in [-0.4, -0.2) is 41.1 Å². The summed E-state index contributed by atoms with van der Waals surface area (Å²) in [5.41, 5.74) is 0. The molecule has 0 heterocycles. The first kappa shape index (κ1) is 18.1. The summed E-state index contributed by atoms with van der Waals surface area (Å²) in [6.07, 6.45) is 0. The van der Waals surface area contributed by atoms with Gasteiger partial charge in [0.15, 0.2) is 0 Å². The number of hydrogen-bond acceptors (Lipinski definition) is 4. The number of nitrogens with one attached hydrogen (secondary N) is 1. The minimum Gasteiger partial charge on any atom is -0.492 e. The third kappa shape index (κ3) is 7.06. The van der Waals surface area contributed by atoms with Crippen LogP contribution in [-0.2, 0) is 9.59 Å². The molecule has 1 amide bonds. The van der Waals surface area contributed by atoms with Gasteiger partial charge in [-0.25, -0.2) is 4.79 Å². The van der Waals surface area contributed by atoms with Crippen LogP contribution in [0.4, 0.5) is 0 Å². The second-order valence-corrected chi connectivity index (χ2v) is 6.53. The summed E-state index contributed by atoms with van der Waals surface area (Å²) in [6, 6.07) is 4.34. The van der Waals surface area contributed by atoms with Crippen molar-refractivity contribution in [1.29, 1.82) is 0 Å². The Kier molecular flexibility index (Phi) is 7.92. The summed E-state index contributed by atoms with van der Waals surface area (Å²) in [6.45, 7) is 1.72. The van der Waals surface area contributed by atoms with E-state index in [0.29, 0.717) is 28.9 Å². The lowest BCUT2D eigenvalue weighted by Gasteiger charge is -2.13. The molecular formula is C13H15BrClNO4S. The van der Waals surface area contributed by atoms with Gasteiger partial charge in [-0.2, -0.15) is 11.8 Å². The van der Waals surface area contributed by atoms with Crippen LogP contribution in [0.5, 0.6) is 5.75 Å². The standard InChI is InChI=1S/C13H15BrClNO4S/c1-8(17)16-11(13(18)19)7-21-5-4-20-12-3-2-9(15)6-10(12)14/h2-3,6,11H,4-5,7H2,1H3,(H,16,17)(H,18,19). The Labute approximate surface area is 140 Å². The summed E-state index contributed by atoms with van der Waals surface area (Å²) in [5.74, 6) is 0.179. The fourth-order valence-corrected chi connectivity index (χ4v) is 3.05. The number of hydrogen-bond donors (Lipinski definition) is 2. The number of halogens is 2. The van der Waals surface area contributed by atoms with Crippen LogP contribution < -0.4 is 10.1 Å². The number of carboxylic acid groups (broad SMARTS) is 1. The number of thioether (sulfide) groups is 1. The van der Waals surface area contributed by atoms with Crippen molar-refractivity contribution in [3.63, 3.8) is 0 Å². The van der Waals surface area contributed by atoms with Gasteiger partial charge in [0.2, 0.25) is 5.91 Å². The van der Waals surface area contributed by atoms with E-state index in [-0.39, 0.29) is 5.91 Å². The normalized spacial score (nSPS) is 11.8. The monoisotopic (exact) mass is 395 g/mol. The van der Waals surface area contributed by atoms with E-state index in [2.05, 4.69) is 21.2 Å². The molecule has 0 bridgehead atoms. The fourth-order valence-electron chi connectivity index (χ4n) is 1.42. The third-order valence-corrected chi connectivity index (χ3v) is 4.22. The van der Waals surface area contributed by atoms with Crippen molar-refractivity contribution in [2.45, 2.75) is 13.0 Å². The van der Waals surface area contributed by atoms with Crippen LogP contribution in [0, 0.1) is 0 Å².